The molecule has 0 unspecified atom stereocenters. The molecule has 1 aliphatic rings. The van der Waals surface area contributed by atoms with E-state index in [0.717, 1.165) is 24.0 Å². The van der Waals surface area contributed by atoms with Crippen molar-refractivity contribution in [1.82, 2.24) is 5.32 Å². The highest BCUT2D eigenvalue weighted by atomic mass is 32.2. The Bertz CT molecular complexity index is 969. The first-order chi connectivity index (χ1) is 14.1. The Morgan fingerprint density at radius 2 is 1.87 bits per heavy atom. The summed E-state index contributed by atoms with van der Waals surface area (Å²) >= 11 is 1.36. The summed E-state index contributed by atoms with van der Waals surface area (Å²) in [5.41, 5.74) is 0. The van der Waals surface area contributed by atoms with Crippen LogP contribution in [0, 0.1) is 23.2 Å². The fourth-order valence-electron chi connectivity index (χ4n) is 3.48. The van der Waals surface area contributed by atoms with Crippen LogP contribution in [0.1, 0.15) is 25.7 Å². The van der Waals surface area contributed by atoms with Gasteiger partial charge in [0.2, 0.25) is 5.91 Å². The maximum Gasteiger partial charge on any atom is 0.264 e. The fourth-order valence-corrected chi connectivity index (χ4v) is 6.40. The second-order valence-electron chi connectivity index (χ2n) is 7.15. The largest absolute Gasteiger partial charge is 0.343 e. The summed E-state index contributed by atoms with van der Waals surface area (Å²) in [7, 11) is -7.04. The number of nitriles is 1. The van der Waals surface area contributed by atoms with E-state index < -0.39 is 25.9 Å². The molecule has 1 N–H and O–H groups in total. The number of hydrogen-bond donors (Lipinski definition) is 1. The maximum atomic E-state index is 12.9. The van der Waals surface area contributed by atoms with Crippen LogP contribution in [0.3, 0.4) is 0 Å². The molecule has 11 heteroatoms. The van der Waals surface area contributed by atoms with E-state index in [2.05, 4.69) is 9.50 Å². The van der Waals surface area contributed by atoms with Gasteiger partial charge in [-0.05, 0) is 43.0 Å². The number of nitrogens with zero attached hydrogens (tertiary/aromatic N) is 1. The van der Waals surface area contributed by atoms with Gasteiger partial charge in [0.05, 0.1) is 29.6 Å². The summed E-state index contributed by atoms with van der Waals surface area (Å²) in [6.45, 7) is -0.0381. The Balaban J connectivity index is 1.98. The third-order valence-electron chi connectivity index (χ3n) is 4.85. The van der Waals surface area contributed by atoms with Crippen LogP contribution in [0.25, 0.3) is 0 Å². The van der Waals surface area contributed by atoms with Gasteiger partial charge in [-0.15, -0.1) is 11.8 Å². The standard InChI is InChI=1S/C19H26N2O6S3/c1-29(23,24)27-12-13-28-16-6-8-17(9-7-16)30(25,26)14-15-4-2-3-5-18(15)19(22)21-11-10-20/h6-9,15,18H,2-5,11-14H2,1H3,(H,21,22)/t15-,18+/m0/s1. The van der Waals surface area contributed by atoms with Crippen molar-refractivity contribution in [2.24, 2.45) is 11.8 Å². The number of carbonyl (C=O) groups is 1. The number of nitrogens with one attached hydrogen (secondary N) is 1. The van der Waals surface area contributed by atoms with Crippen molar-refractivity contribution >= 4 is 37.6 Å². The van der Waals surface area contributed by atoms with Gasteiger partial charge >= 0.3 is 0 Å². The van der Waals surface area contributed by atoms with E-state index in [1.165, 1.54) is 23.9 Å². The highest BCUT2D eigenvalue weighted by Gasteiger charge is 2.34. The molecule has 2 atom stereocenters. The molecule has 166 valence electrons. The molecular weight excluding hydrogens is 448 g/mol. The van der Waals surface area contributed by atoms with Crippen molar-refractivity contribution in [1.29, 1.82) is 5.26 Å². The monoisotopic (exact) mass is 474 g/mol. The van der Waals surface area contributed by atoms with Crippen molar-refractivity contribution in [2.45, 2.75) is 35.5 Å². The topological polar surface area (TPSA) is 130 Å². The maximum absolute atomic E-state index is 12.9. The third-order valence-corrected chi connectivity index (χ3v) is 8.28. The van der Waals surface area contributed by atoms with Crippen LogP contribution in [0.15, 0.2) is 34.1 Å². The molecule has 1 amide bonds. The number of benzene rings is 1. The minimum absolute atomic E-state index is 0.0421. The van der Waals surface area contributed by atoms with Crippen molar-refractivity contribution in [3.8, 4) is 6.07 Å². The molecule has 8 nitrogen and oxygen atoms in total. The molecule has 1 saturated carbocycles. The number of carbonyl (C=O) groups excluding carboxylic acids is 1. The second-order valence-corrected chi connectivity index (χ2v) is 12.0. The lowest BCUT2D eigenvalue weighted by Gasteiger charge is -2.30. The van der Waals surface area contributed by atoms with Gasteiger partial charge in [0.25, 0.3) is 10.1 Å². The Kier molecular flexibility index (Phi) is 9.15. The molecule has 0 radical (unpaired) electrons. The van der Waals surface area contributed by atoms with Crippen LogP contribution in [0.4, 0.5) is 0 Å². The van der Waals surface area contributed by atoms with E-state index in [9.17, 15) is 21.6 Å². The Morgan fingerprint density at radius 3 is 2.50 bits per heavy atom. The zero-order valence-electron chi connectivity index (χ0n) is 16.7. The van der Waals surface area contributed by atoms with Gasteiger partial charge in [0.15, 0.2) is 9.84 Å². The number of hydrogen-bond acceptors (Lipinski definition) is 8. The van der Waals surface area contributed by atoms with Crippen LogP contribution in [0.5, 0.6) is 0 Å². The first kappa shape index (κ1) is 24.7. The van der Waals surface area contributed by atoms with Crippen LogP contribution in [0.2, 0.25) is 0 Å². The summed E-state index contributed by atoms with van der Waals surface area (Å²) in [6, 6.07) is 8.28. The Labute approximate surface area is 182 Å². The van der Waals surface area contributed by atoms with Gasteiger partial charge in [-0.3, -0.25) is 8.98 Å². The fraction of sp³-hybridized carbons (Fsp3) is 0.579. The normalized spacial score (nSPS) is 19.7. The first-order valence-corrected chi connectivity index (χ1v) is 14.0. The van der Waals surface area contributed by atoms with Crippen molar-refractivity contribution in [2.75, 3.05) is 30.9 Å². The van der Waals surface area contributed by atoms with Gasteiger partial charge < -0.3 is 5.32 Å². The molecule has 0 bridgehead atoms. The van der Waals surface area contributed by atoms with Gasteiger partial charge in [-0.2, -0.15) is 13.7 Å². The molecule has 1 aromatic carbocycles. The Morgan fingerprint density at radius 1 is 1.20 bits per heavy atom. The molecule has 1 aliphatic carbocycles. The average molecular weight is 475 g/mol. The molecule has 0 aromatic heterocycles. The third kappa shape index (κ3) is 7.91. The lowest BCUT2D eigenvalue weighted by atomic mass is 9.80. The molecule has 0 aliphatic heterocycles. The molecule has 0 heterocycles. The molecule has 0 saturated heterocycles. The lowest BCUT2D eigenvalue weighted by Crippen LogP contribution is -2.39. The number of rotatable bonds is 10. The van der Waals surface area contributed by atoms with E-state index in [1.807, 2.05) is 6.07 Å². The summed E-state index contributed by atoms with van der Waals surface area (Å²) in [6.07, 6.45) is 4.03. The van der Waals surface area contributed by atoms with Gasteiger partial charge in [0.1, 0.15) is 6.54 Å². The minimum atomic E-state index is -3.57. The number of sulfone groups is 1. The minimum Gasteiger partial charge on any atom is -0.343 e. The van der Waals surface area contributed by atoms with E-state index in [1.54, 1.807) is 12.1 Å². The van der Waals surface area contributed by atoms with Crippen molar-refractivity contribution in [3.05, 3.63) is 24.3 Å². The summed E-state index contributed by atoms with van der Waals surface area (Å²) in [4.78, 5) is 13.3. The van der Waals surface area contributed by atoms with Crippen LogP contribution >= 0.6 is 11.8 Å². The van der Waals surface area contributed by atoms with Crippen molar-refractivity contribution in [3.63, 3.8) is 0 Å². The predicted molar refractivity (Wildman–Crippen MR) is 114 cm³/mol. The molecule has 2 rings (SSSR count). The van der Waals surface area contributed by atoms with E-state index >= 15 is 0 Å². The summed E-state index contributed by atoms with van der Waals surface area (Å²) < 4.78 is 52.3. The quantitative estimate of drug-likeness (QED) is 0.236. The van der Waals surface area contributed by atoms with E-state index in [-0.39, 0.29) is 35.6 Å². The number of amides is 1. The van der Waals surface area contributed by atoms with E-state index in [4.69, 9.17) is 5.26 Å². The zero-order chi connectivity index (χ0) is 22.2. The van der Waals surface area contributed by atoms with Gasteiger partial charge in [-0.1, -0.05) is 12.8 Å². The Hall–Kier alpha value is -1.61. The number of thioether (sulfide) groups is 1. The van der Waals surface area contributed by atoms with Crippen LogP contribution in [-0.2, 0) is 28.9 Å². The molecule has 30 heavy (non-hydrogen) atoms. The van der Waals surface area contributed by atoms with E-state index in [0.29, 0.717) is 18.6 Å². The van der Waals surface area contributed by atoms with Gasteiger partial charge in [0, 0.05) is 16.6 Å². The average Bonchev–Trinajstić information content (AvgIpc) is 2.69. The van der Waals surface area contributed by atoms with Crippen molar-refractivity contribution < 1.29 is 25.8 Å². The second kappa shape index (κ2) is 11.1. The van der Waals surface area contributed by atoms with Crippen LogP contribution < -0.4 is 5.32 Å². The predicted octanol–water partition coefficient (Wildman–Crippen LogP) is 1.97. The van der Waals surface area contributed by atoms with Crippen LogP contribution in [-0.4, -0.2) is 53.7 Å². The SMILES string of the molecule is CS(=O)(=O)OCCSc1ccc(S(=O)(=O)C[C@@H]2CCCC[C@H]2C(=O)NCC#N)cc1. The smallest absolute Gasteiger partial charge is 0.264 e. The lowest BCUT2D eigenvalue weighted by molar-refractivity contribution is -0.127. The molecule has 0 spiro atoms. The molecular formula is C19H26N2O6S3. The molecule has 1 fully saturated rings. The summed E-state index contributed by atoms with van der Waals surface area (Å²) in [5, 5.41) is 11.2. The van der Waals surface area contributed by atoms with Gasteiger partial charge in [-0.25, -0.2) is 8.42 Å². The highest BCUT2D eigenvalue weighted by molar-refractivity contribution is 7.99. The first-order valence-electron chi connectivity index (χ1n) is 9.57. The summed E-state index contributed by atoms with van der Waals surface area (Å²) in [5.74, 6) is -0.608. The highest BCUT2D eigenvalue weighted by Crippen LogP contribution is 2.33. The zero-order valence-corrected chi connectivity index (χ0v) is 19.2. The molecule has 1 aromatic rings.